The van der Waals surface area contributed by atoms with Gasteiger partial charge >= 0.3 is 5.97 Å². The number of rotatable bonds is 7. The van der Waals surface area contributed by atoms with Gasteiger partial charge in [-0.05, 0) is 25.8 Å². The number of nitrogens with two attached hydrogens (primary N) is 1. The van der Waals surface area contributed by atoms with Crippen LogP contribution in [0.5, 0.6) is 0 Å². The summed E-state index contributed by atoms with van der Waals surface area (Å²) in [5.74, 6) is -1.48. The van der Waals surface area contributed by atoms with E-state index in [-0.39, 0.29) is 12.8 Å². The third kappa shape index (κ3) is 4.71. The van der Waals surface area contributed by atoms with Gasteiger partial charge in [0.15, 0.2) is 0 Å². The molecule has 19 heavy (non-hydrogen) atoms. The molecule has 1 rings (SSSR count). The summed E-state index contributed by atoms with van der Waals surface area (Å²) in [6, 6.07) is 8.76. The number of primary amides is 1. The van der Waals surface area contributed by atoms with E-state index in [1.165, 1.54) is 0 Å². The summed E-state index contributed by atoms with van der Waals surface area (Å²) in [4.78, 5) is 22.0. The normalized spacial score (nSPS) is 12.9. The van der Waals surface area contributed by atoms with Crippen molar-refractivity contribution in [1.82, 2.24) is 5.32 Å². The summed E-state index contributed by atoms with van der Waals surface area (Å²) in [6.45, 7) is 3.81. The third-order valence-corrected chi connectivity index (χ3v) is 3.01. The monoisotopic (exact) mass is 264 g/mol. The van der Waals surface area contributed by atoms with Crippen molar-refractivity contribution in [3.63, 3.8) is 0 Å². The fourth-order valence-corrected chi connectivity index (χ4v) is 1.92. The molecule has 0 aliphatic carbocycles. The number of nitrogens with one attached hydrogen (secondary N) is 1. The molecule has 0 saturated heterocycles. The largest absolute Gasteiger partial charge is 0.480 e. The Kier molecular flexibility index (Phi) is 5.06. The fourth-order valence-electron chi connectivity index (χ4n) is 1.92. The summed E-state index contributed by atoms with van der Waals surface area (Å²) in [5, 5.41) is 12.2. The third-order valence-electron chi connectivity index (χ3n) is 3.01. The van der Waals surface area contributed by atoms with Crippen LogP contribution in [-0.2, 0) is 15.1 Å². The average Bonchev–Trinajstić information content (AvgIpc) is 2.35. The summed E-state index contributed by atoms with van der Waals surface area (Å²) >= 11 is 0. The van der Waals surface area contributed by atoms with Gasteiger partial charge < -0.3 is 10.8 Å². The predicted molar refractivity (Wildman–Crippen MR) is 72.5 cm³/mol. The molecule has 5 heteroatoms. The molecule has 0 saturated carbocycles. The van der Waals surface area contributed by atoms with Gasteiger partial charge in [0.1, 0.15) is 6.04 Å². The molecule has 0 radical (unpaired) electrons. The molecule has 0 fully saturated rings. The van der Waals surface area contributed by atoms with Crippen molar-refractivity contribution in [3.05, 3.63) is 35.9 Å². The van der Waals surface area contributed by atoms with Gasteiger partial charge in [-0.15, -0.1) is 0 Å². The van der Waals surface area contributed by atoms with E-state index < -0.39 is 23.5 Å². The van der Waals surface area contributed by atoms with Crippen molar-refractivity contribution < 1.29 is 14.7 Å². The highest BCUT2D eigenvalue weighted by molar-refractivity contribution is 5.77. The number of amides is 1. The molecule has 0 aliphatic rings. The first-order valence-electron chi connectivity index (χ1n) is 6.17. The molecule has 0 aromatic heterocycles. The Morgan fingerprint density at radius 2 is 1.89 bits per heavy atom. The van der Waals surface area contributed by atoms with Crippen LogP contribution in [0.25, 0.3) is 0 Å². The van der Waals surface area contributed by atoms with Crippen molar-refractivity contribution in [2.24, 2.45) is 5.73 Å². The molecule has 0 aliphatic heterocycles. The highest BCUT2D eigenvalue weighted by Gasteiger charge is 2.28. The first-order chi connectivity index (χ1) is 8.83. The Bertz CT molecular complexity index is 443. The summed E-state index contributed by atoms with van der Waals surface area (Å²) in [5.41, 5.74) is 5.54. The topological polar surface area (TPSA) is 92.4 Å². The van der Waals surface area contributed by atoms with Crippen LogP contribution in [0.3, 0.4) is 0 Å². The molecule has 1 aromatic rings. The van der Waals surface area contributed by atoms with Gasteiger partial charge in [0.2, 0.25) is 5.91 Å². The lowest BCUT2D eigenvalue weighted by Gasteiger charge is -2.30. The van der Waals surface area contributed by atoms with Crippen molar-refractivity contribution >= 4 is 11.9 Å². The zero-order chi connectivity index (χ0) is 14.5. The first kappa shape index (κ1) is 15.2. The number of carboxylic acid groups (broad SMARTS) is 1. The zero-order valence-corrected chi connectivity index (χ0v) is 11.2. The highest BCUT2D eigenvalue weighted by atomic mass is 16.4. The second-order valence-corrected chi connectivity index (χ2v) is 5.03. The second-order valence-electron chi connectivity index (χ2n) is 5.03. The maximum Gasteiger partial charge on any atom is 0.320 e. The number of carbonyl (C=O) groups excluding carboxylic acids is 1. The minimum atomic E-state index is -0.981. The number of aliphatic carboxylic acids is 1. The van der Waals surface area contributed by atoms with Crippen molar-refractivity contribution in [2.75, 3.05) is 0 Å². The molecule has 1 aromatic carbocycles. The fraction of sp³-hybridized carbons (Fsp3) is 0.429. The quantitative estimate of drug-likeness (QED) is 0.690. The Labute approximate surface area is 112 Å². The van der Waals surface area contributed by atoms with Crippen LogP contribution in [0, 0.1) is 0 Å². The molecule has 5 nitrogen and oxygen atoms in total. The van der Waals surface area contributed by atoms with Crippen molar-refractivity contribution in [1.29, 1.82) is 0 Å². The van der Waals surface area contributed by atoms with Crippen molar-refractivity contribution in [2.45, 2.75) is 38.3 Å². The molecule has 4 N–H and O–H groups in total. The zero-order valence-electron chi connectivity index (χ0n) is 11.2. The number of carboxylic acids is 1. The van der Waals surface area contributed by atoms with Gasteiger partial charge in [-0.2, -0.15) is 0 Å². The number of hydrogen-bond acceptors (Lipinski definition) is 3. The first-order valence-corrected chi connectivity index (χ1v) is 6.17. The maximum absolute atomic E-state index is 11.2. The summed E-state index contributed by atoms with van der Waals surface area (Å²) in [7, 11) is 0. The summed E-state index contributed by atoms with van der Waals surface area (Å²) in [6.07, 6.45) is 0.232. The van der Waals surface area contributed by atoms with Crippen LogP contribution in [0.15, 0.2) is 30.3 Å². The standard InChI is InChI=1S/C14H20N2O3/c1-14(2,10-6-4-3-5-7-10)16-11(13(18)19)8-9-12(15)17/h3-7,11,16H,8-9H2,1-2H3,(H2,15,17)(H,18,19)/t11-/m0/s1. The van der Waals surface area contributed by atoms with Gasteiger partial charge in [0, 0.05) is 12.0 Å². The van der Waals surface area contributed by atoms with Crippen LogP contribution < -0.4 is 11.1 Å². The van der Waals surface area contributed by atoms with Crippen LogP contribution in [-0.4, -0.2) is 23.0 Å². The Morgan fingerprint density at radius 1 is 1.32 bits per heavy atom. The van der Waals surface area contributed by atoms with Crippen LogP contribution in [0.2, 0.25) is 0 Å². The number of benzene rings is 1. The van der Waals surface area contributed by atoms with Crippen LogP contribution in [0.1, 0.15) is 32.3 Å². The molecular weight excluding hydrogens is 244 g/mol. The van der Waals surface area contributed by atoms with Gasteiger partial charge in [-0.3, -0.25) is 14.9 Å². The van der Waals surface area contributed by atoms with E-state index in [1.807, 2.05) is 44.2 Å². The van der Waals surface area contributed by atoms with Gasteiger partial charge in [0.25, 0.3) is 0 Å². The maximum atomic E-state index is 11.2. The van der Waals surface area contributed by atoms with Gasteiger partial charge in [-0.25, -0.2) is 0 Å². The van der Waals surface area contributed by atoms with E-state index in [0.717, 1.165) is 5.56 Å². The van der Waals surface area contributed by atoms with E-state index in [0.29, 0.717) is 0 Å². The molecule has 1 amide bonds. The molecule has 0 spiro atoms. The van der Waals surface area contributed by atoms with Crippen molar-refractivity contribution in [3.8, 4) is 0 Å². The van der Waals surface area contributed by atoms with Gasteiger partial charge in [0.05, 0.1) is 0 Å². The minimum Gasteiger partial charge on any atom is -0.480 e. The van der Waals surface area contributed by atoms with Gasteiger partial charge in [-0.1, -0.05) is 30.3 Å². The van der Waals surface area contributed by atoms with E-state index in [1.54, 1.807) is 0 Å². The second kappa shape index (κ2) is 6.33. The van der Waals surface area contributed by atoms with E-state index in [4.69, 9.17) is 5.73 Å². The SMILES string of the molecule is CC(C)(N[C@@H](CCC(N)=O)C(=O)O)c1ccccc1. The Balaban J connectivity index is 2.77. The smallest absolute Gasteiger partial charge is 0.320 e. The van der Waals surface area contributed by atoms with E-state index in [2.05, 4.69) is 5.32 Å². The Morgan fingerprint density at radius 3 is 2.37 bits per heavy atom. The molecule has 0 heterocycles. The lowest BCUT2D eigenvalue weighted by Crippen LogP contribution is -2.48. The summed E-state index contributed by atoms with van der Waals surface area (Å²) < 4.78 is 0. The lowest BCUT2D eigenvalue weighted by molar-refractivity contribution is -0.140. The van der Waals surface area contributed by atoms with E-state index >= 15 is 0 Å². The minimum absolute atomic E-state index is 0.0504. The molecular formula is C14H20N2O3. The molecule has 104 valence electrons. The molecule has 0 unspecified atom stereocenters. The van der Waals surface area contributed by atoms with E-state index in [9.17, 15) is 14.7 Å². The predicted octanol–water partition coefficient (Wildman–Crippen LogP) is 1.23. The lowest BCUT2D eigenvalue weighted by atomic mass is 9.92. The van der Waals surface area contributed by atoms with Crippen LogP contribution in [0.4, 0.5) is 0 Å². The highest BCUT2D eigenvalue weighted by Crippen LogP contribution is 2.21. The molecule has 0 bridgehead atoms. The average molecular weight is 264 g/mol. The molecule has 1 atom stereocenters. The number of carbonyl (C=O) groups is 2. The Hall–Kier alpha value is -1.88. The number of hydrogen-bond donors (Lipinski definition) is 3. The van der Waals surface area contributed by atoms with Crippen LogP contribution >= 0.6 is 0 Å².